The molecule has 2 fully saturated rings. The van der Waals surface area contributed by atoms with Gasteiger partial charge in [-0.25, -0.2) is 0 Å². The minimum atomic E-state index is -1.45. The summed E-state index contributed by atoms with van der Waals surface area (Å²) in [4.78, 5) is 70.2. The molecule has 2 rings (SSSR count). The number of rotatable bonds is 12. The van der Waals surface area contributed by atoms with Gasteiger partial charge in [-0.1, -0.05) is 75.3 Å². The van der Waals surface area contributed by atoms with E-state index < -0.39 is 41.6 Å². The van der Waals surface area contributed by atoms with E-state index in [0.29, 0.717) is 23.0 Å². The summed E-state index contributed by atoms with van der Waals surface area (Å²) in [6, 6.07) is 0. The van der Waals surface area contributed by atoms with Crippen LogP contribution in [0.15, 0.2) is 0 Å². The van der Waals surface area contributed by atoms with Gasteiger partial charge in [0.05, 0.1) is 11.8 Å². The Bertz CT molecular complexity index is 610. The first kappa shape index (κ1) is 23.8. The minimum Gasteiger partial charge on any atom is -0.293 e. The van der Waals surface area contributed by atoms with Gasteiger partial charge in [0.2, 0.25) is 0 Å². The number of nitrogens with zero attached hydrogens (tertiary/aromatic N) is 2. The summed E-state index contributed by atoms with van der Waals surface area (Å²) in [7, 11) is 0. The normalized spacial score (nSPS) is 21.7. The zero-order valence-corrected chi connectivity index (χ0v) is 17.9. The molecule has 0 radical (unpaired) electrons. The van der Waals surface area contributed by atoms with Crippen LogP contribution in [0.4, 0.5) is 4.79 Å². The minimum absolute atomic E-state index is 0.0281. The molecule has 4 amide bonds. The van der Waals surface area contributed by atoms with E-state index in [0.717, 1.165) is 51.4 Å². The van der Waals surface area contributed by atoms with Crippen molar-refractivity contribution in [3.05, 3.63) is 0 Å². The maximum absolute atomic E-state index is 12.3. The Morgan fingerprint density at radius 2 is 1.13 bits per heavy atom. The average molecular weight is 424 g/mol. The zero-order valence-electron chi connectivity index (χ0n) is 17.9. The van der Waals surface area contributed by atoms with Crippen LogP contribution in [-0.2, 0) is 28.9 Å². The topological polar surface area (TPSA) is 110 Å². The number of imide groups is 2. The Morgan fingerprint density at radius 3 is 1.50 bits per heavy atom. The molecule has 0 bridgehead atoms. The van der Waals surface area contributed by atoms with Crippen LogP contribution in [0.3, 0.4) is 0 Å². The molecule has 2 unspecified atom stereocenters. The van der Waals surface area contributed by atoms with Gasteiger partial charge in [-0.15, -0.1) is 0 Å². The molecule has 9 heteroatoms. The maximum atomic E-state index is 12.3. The molecule has 0 spiro atoms. The molecule has 168 valence electrons. The van der Waals surface area contributed by atoms with E-state index in [4.69, 9.17) is 9.68 Å². The summed E-state index contributed by atoms with van der Waals surface area (Å²) in [5, 5.41) is 0.778. The van der Waals surface area contributed by atoms with E-state index in [9.17, 15) is 24.0 Å². The molecular formula is C21H32N2O7. The zero-order chi connectivity index (χ0) is 22.1. The summed E-state index contributed by atoms with van der Waals surface area (Å²) in [6.07, 6.45) is 7.38. The van der Waals surface area contributed by atoms with E-state index in [1.807, 2.05) is 0 Å². The van der Waals surface area contributed by atoms with Gasteiger partial charge in [0.15, 0.2) is 0 Å². The number of amides is 4. The lowest BCUT2D eigenvalue weighted by atomic mass is 9.99. The predicted octanol–water partition coefficient (Wildman–Crippen LogP) is 3.66. The molecule has 0 aromatic rings. The molecule has 2 aliphatic heterocycles. The van der Waals surface area contributed by atoms with Gasteiger partial charge in [0.25, 0.3) is 23.6 Å². The van der Waals surface area contributed by atoms with Crippen LogP contribution < -0.4 is 0 Å². The maximum Gasteiger partial charge on any atom is 0.560 e. The van der Waals surface area contributed by atoms with Gasteiger partial charge in [-0.05, 0) is 12.8 Å². The fraction of sp³-hybridized carbons (Fsp3) is 0.762. The molecule has 0 aromatic heterocycles. The molecule has 2 aliphatic rings. The number of carbonyl (C=O) groups is 5. The predicted molar refractivity (Wildman–Crippen MR) is 105 cm³/mol. The highest BCUT2D eigenvalue weighted by Crippen LogP contribution is 2.27. The first-order chi connectivity index (χ1) is 14.4. The van der Waals surface area contributed by atoms with Crippen molar-refractivity contribution in [3.63, 3.8) is 0 Å². The number of hydroxylamine groups is 4. The lowest BCUT2D eigenvalue weighted by molar-refractivity contribution is -0.199. The van der Waals surface area contributed by atoms with Crippen LogP contribution in [-0.4, -0.2) is 39.9 Å². The highest BCUT2D eigenvalue weighted by atomic mass is 16.9. The molecular weight excluding hydrogens is 392 g/mol. The van der Waals surface area contributed by atoms with E-state index in [1.54, 1.807) is 0 Å². The van der Waals surface area contributed by atoms with Gasteiger partial charge in [-0.3, -0.25) is 28.9 Å². The lowest BCUT2D eigenvalue weighted by Gasteiger charge is -2.16. The van der Waals surface area contributed by atoms with Gasteiger partial charge in [0, 0.05) is 12.8 Å². The number of hydrogen-bond acceptors (Lipinski definition) is 7. The molecule has 0 aliphatic carbocycles. The average Bonchev–Trinajstić information content (AvgIpc) is 3.13. The number of carbonyl (C=O) groups excluding carboxylic acids is 5. The van der Waals surface area contributed by atoms with Crippen LogP contribution in [0.5, 0.6) is 0 Å². The molecule has 30 heavy (non-hydrogen) atoms. The summed E-state index contributed by atoms with van der Waals surface area (Å²) >= 11 is 0. The monoisotopic (exact) mass is 424 g/mol. The lowest BCUT2D eigenvalue weighted by Crippen LogP contribution is -2.38. The largest absolute Gasteiger partial charge is 0.560 e. The summed E-state index contributed by atoms with van der Waals surface area (Å²) < 4.78 is 0. The van der Waals surface area contributed by atoms with Crippen molar-refractivity contribution in [2.45, 2.75) is 90.9 Å². The molecule has 9 nitrogen and oxygen atoms in total. The van der Waals surface area contributed by atoms with Crippen molar-refractivity contribution in [1.29, 1.82) is 0 Å². The summed E-state index contributed by atoms with van der Waals surface area (Å²) in [5.41, 5.74) is 0. The number of hydrogen-bond donors (Lipinski definition) is 0. The SMILES string of the molecule is CCCCCCC1CC(=O)N(OC(=O)ON2C(=O)CC(CCCCCC)C2=O)C1=O. The number of unbranched alkanes of at least 4 members (excludes halogenated alkanes) is 6. The smallest absolute Gasteiger partial charge is 0.293 e. The van der Waals surface area contributed by atoms with Crippen molar-refractivity contribution in [2.24, 2.45) is 11.8 Å². The second-order valence-electron chi connectivity index (χ2n) is 7.99. The van der Waals surface area contributed by atoms with Crippen molar-refractivity contribution in [3.8, 4) is 0 Å². The molecule has 2 saturated heterocycles. The third kappa shape index (κ3) is 6.27. The third-order valence-corrected chi connectivity index (χ3v) is 5.54. The van der Waals surface area contributed by atoms with Crippen molar-refractivity contribution >= 4 is 29.8 Å². The van der Waals surface area contributed by atoms with Crippen molar-refractivity contribution < 1.29 is 33.6 Å². The van der Waals surface area contributed by atoms with E-state index in [2.05, 4.69) is 13.8 Å². The van der Waals surface area contributed by atoms with Gasteiger partial charge < -0.3 is 0 Å². The van der Waals surface area contributed by atoms with E-state index in [1.165, 1.54) is 0 Å². The highest BCUT2D eigenvalue weighted by Gasteiger charge is 2.44. The highest BCUT2D eigenvalue weighted by molar-refractivity contribution is 6.04. The van der Waals surface area contributed by atoms with Crippen molar-refractivity contribution in [1.82, 2.24) is 10.1 Å². The van der Waals surface area contributed by atoms with E-state index >= 15 is 0 Å². The molecule has 0 aromatic carbocycles. The summed E-state index contributed by atoms with van der Waals surface area (Å²) in [6.45, 7) is 4.16. The first-order valence-electron chi connectivity index (χ1n) is 11.0. The second-order valence-corrected chi connectivity index (χ2v) is 7.99. The molecule has 0 saturated carbocycles. The van der Waals surface area contributed by atoms with E-state index in [-0.39, 0.29) is 12.8 Å². The standard InChI is InChI=1S/C21H32N2O7/c1-3-5-7-9-11-15-13-17(24)22(19(15)26)29-21(28)30-23-18(25)14-16(20(23)27)12-10-8-6-4-2/h15-16H,3-14H2,1-2H3. The Hall–Kier alpha value is -2.45. The fourth-order valence-electron chi connectivity index (χ4n) is 3.78. The second kappa shape index (κ2) is 11.7. The molecule has 2 heterocycles. The third-order valence-electron chi connectivity index (χ3n) is 5.54. The Labute approximate surface area is 176 Å². The van der Waals surface area contributed by atoms with Crippen LogP contribution in [0, 0.1) is 11.8 Å². The van der Waals surface area contributed by atoms with Gasteiger partial charge in [-0.2, -0.15) is 4.79 Å². The Kier molecular flexibility index (Phi) is 9.26. The first-order valence-corrected chi connectivity index (χ1v) is 11.0. The fourth-order valence-corrected chi connectivity index (χ4v) is 3.78. The quantitative estimate of drug-likeness (QED) is 0.347. The van der Waals surface area contributed by atoms with Crippen LogP contribution >= 0.6 is 0 Å². The molecule has 0 N–H and O–H groups in total. The Morgan fingerprint density at radius 1 is 0.733 bits per heavy atom. The van der Waals surface area contributed by atoms with Crippen LogP contribution in [0.2, 0.25) is 0 Å². The van der Waals surface area contributed by atoms with Gasteiger partial charge >= 0.3 is 6.16 Å². The molecule has 2 atom stereocenters. The van der Waals surface area contributed by atoms with Gasteiger partial charge in [0.1, 0.15) is 0 Å². The Balaban J connectivity index is 1.81. The summed E-state index contributed by atoms with van der Waals surface area (Å²) in [5.74, 6) is -3.51. The van der Waals surface area contributed by atoms with Crippen molar-refractivity contribution in [2.75, 3.05) is 0 Å². The van der Waals surface area contributed by atoms with Crippen LogP contribution in [0.1, 0.15) is 90.9 Å². The van der Waals surface area contributed by atoms with Crippen LogP contribution in [0.25, 0.3) is 0 Å².